The number of amides is 1. The summed E-state index contributed by atoms with van der Waals surface area (Å²) in [5.74, 6) is -1.06. The Bertz CT molecular complexity index is 605. The summed E-state index contributed by atoms with van der Waals surface area (Å²) in [4.78, 5) is 12.7. The van der Waals surface area contributed by atoms with Crippen LogP contribution in [0.15, 0.2) is 18.2 Å². The molecular weight excluding hydrogens is 337 g/mol. The van der Waals surface area contributed by atoms with Crippen LogP contribution in [0.25, 0.3) is 0 Å². The third-order valence-corrected chi connectivity index (χ3v) is 4.63. The van der Waals surface area contributed by atoms with Gasteiger partial charge < -0.3 is 19.8 Å². The Morgan fingerprint density at radius 2 is 2.08 bits per heavy atom. The average molecular weight is 360 g/mol. The fourth-order valence-electron chi connectivity index (χ4n) is 2.81. The SMILES string of the molecule is CC(C)(C)C1CN(C(=O)O)C[C@@H](CO)[C@H](c2ccc(Cl)c(F)c2)O1. The van der Waals surface area contributed by atoms with Crippen molar-refractivity contribution in [2.45, 2.75) is 33.0 Å². The van der Waals surface area contributed by atoms with Gasteiger partial charge in [0.05, 0.1) is 30.4 Å². The molecule has 0 radical (unpaired) electrons. The maximum atomic E-state index is 13.8. The lowest BCUT2D eigenvalue weighted by atomic mass is 9.88. The number of carboxylic acid groups (broad SMARTS) is 1. The molecule has 0 aliphatic carbocycles. The molecule has 1 heterocycles. The third-order valence-electron chi connectivity index (χ3n) is 4.32. The first kappa shape index (κ1) is 19.0. The molecule has 5 nitrogen and oxygen atoms in total. The van der Waals surface area contributed by atoms with Gasteiger partial charge in [0.25, 0.3) is 0 Å². The van der Waals surface area contributed by atoms with Gasteiger partial charge in [0.2, 0.25) is 0 Å². The lowest BCUT2D eigenvalue weighted by molar-refractivity contribution is -0.0828. The van der Waals surface area contributed by atoms with E-state index in [0.717, 1.165) is 0 Å². The van der Waals surface area contributed by atoms with Crippen LogP contribution in [-0.4, -0.2) is 47.0 Å². The van der Waals surface area contributed by atoms with E-state index in [1.165, 1.54) is 17.0 Å². The molecule has 0 bridgehead atoms. The van der Waals surface area contributed by atoms with Crippen LogP contribution in [-0.2, 0) is 4.74 Å². The first-order chi connectivity index (χ1) is 11.1. The van der Waals surface area contributed by atoms with Gasteiger partial charge in [0.15, 0.2) is 0 Å². The van der Waals surface area contributed by atoms with E-state index in [1.807, 2.05) is 20.8 Å². The summed E-state index contributed by atoms with van der Waals surface area (Å²) >= 11 is 5.74. The van der Waals surface area contributed by atoms with Gasteiger partial charge in [-0.2, -0.15) is 0 Å². The summed E-state index contributed by atoms with van der Waals surface area (Å²) in [7, 11) is 0. The van der Waals surface area contributed by atoms with Crippen LogP contribution in [0.1, 0.15) is 32.4 Å². The van der Waals surface area contributed by atoms with Crippen molar-refractivity contribution in [3.05, 3.63) is 34.6 Å². The summed E-state index contributed by atoms with van der Waals surface area (Å²) in [6, 6.07) is 4.37. The predicted molar refractivity (Wildman–Crippen MR) is 88.7 cm³/mol. The topological polar surface area (TPSA) is 70.0 Å². The highest BCUT2D eigenvalue weighted by atomic mass is 35.5. The molecule has 3 atom stereocenters. The number of rotatable bonds is 2. The molecule has 24 heavy (non-hydrogen) atoms. The Hall–Kier alpha value is -1.37. The Morgan fingerprint density at radius 1 is 1.42 bits per heavy atom. The van der Waals surface area contributed by atoms with E-state index < -0.39 is 30.0 Å². The van der Waals surface area contributed by atoms with Crippen molar-refractivity contribution in [2.24, 2.45) is 11.3 Å². The smallest absolute Gasteiger partial charge is 0.407 e. The molecule has 2 rings (SSSR count). The fraction of sp³-hybridized carbons (Fsp3) is 0.588. The van der Waals surface area contributed by atoms with Crippen molar-refractivity contribution in [2.75, 3.05) is 19.7 Å². The van der Waals surface area contributed by atoms with Gasteiger partial charge in [0, 0.05) is 12.5 Å². The highest BCUT2D eigenvalue weighted by molar-refractivity contribution is 6.30. The number of halogens is 2. The lowest BCUT2D eigenvalue weighted by Gasteiger charge is -2.34. The molecule has 0 spiro atoms. The molecule has 2 N–H and O–H groups in total. The zero-order chi connectivity index (χ0) is 18.1. The number of aliphatic hydroxyl groups is 1. The molecule has 1 amide bonds. The van der Waals surface area contributed by atoms with Gasteiger partial charge in [-0.15, -0.1) is 0 Å². The molecule has 1 aromatic carbocycles. The fourth-order valence-corrected chi connectivity index (χ4v) is 2.93. The van der Waals surface area contributed by atoms with E-state index in [4.69, 9.17) is 16.3 Å². The van der Waals surface area contributed by atoms with Gasteiger partial charge in [-0.25, -0.2) is 9.18 Å². The molecule has 1 unspecified atom stereocenters. The van der Waals surface area contributed by atoms with Crippen LogP contribution in [0.3, 0.4) is 0 Å². The first-order valence-corrected chi connectivity index (χ1v) is 8.20. The van der Waals surface area contributed by atoms with E-state index in [0.29, 0.717) is 5.56 Å². The number of nitrogens with zero attached hydrogens (tertiary/aromatic N) is 1. The highest BCUT2D eigenvalue weighted by Crippen LogP contribution is 2.37. The minimum Gasteiger partial charge on any atom is -0.465 e. The Balaban J connectivity index is 2.42. The predicted octanol–water partition coefficient (Wildman–Crippen LogP) is 3.55. The van der Waals surface area contributed by atoms with Crippen molar-refractivity contribution < 1.29 is 24.1 Å². The van der Waals surface area contributed by atoms with Crippen LogP contribution in [0.2, 0.25) is 5.02 Å². The van der Waals surface area contributed by atoms with E-state index in [-0.39, 0.29) is 30.1 Å². The van der Waals surface area contributed by atoms with Crippen LogP contribution < -0.4 is 0 Å². The molecule has 0 aromatic heterocycles. The normalized spacial score (nSPS) is 25.4. The van der Waals surface area contributed by atoms with Crippen LogP contribution in [0.4, 0.5) is 9.18 Å². The standard InChI is InChI=1S/C17H23ClFNO4/c1-17(2,3)14-8-20(16(22)23)7-11(9-21)15(24-14)10-4-5-12(18)13(19)6-10/h4-6,11,14-15,21H,7-9H2,1-3H3,(H,22,23)/t11-,14?,15-/m0/s1. The molecule has 1 aromatic rings. The molecule has 0 saturated carbocycles. The average Bonchev–Trinajstić information content (AvgIpc) is 2.69. The lowest BCUT2D eigenvalue weighted by Crippen LogP contribution is -2.42. The Kier molecular flexibility index (Phi) is 5.73. The molecule has 134 valence electrons. The van der Waals surface area contributed by atoms with Gasteiger partial charge in [-0.1, -0.05) is 38.4 Å². The summed E-state index contributed by atoms with van der Waals surface area (Å²) in [5, 5.41) is 19.2. The van der Waals surface area contributed by atoms with Crippen LogP contribution in [0.5, 0.6) is 0 Å². The zero-order valence-corrected chi connectivity index (χ0v) is 14.8. The second-order valence-corrected chi connectivity index (χ2v) is 7.62. The van der Waals surface area contributed by atoms with Crippen molar-refractivity contribution in [1.29, 1.82) is 0 Å². The molecule has 1 aliphatic heterocycles. The molecule has 1 fully saturated rings. The maximum absolute atomic E-state index is 13.8. The number of ether oxygens (including phenoxy) is 1. The molecule has 1 aliphatic rings. The van der Waals surface area contributed by atoms with E-state index >= 15 is 0 Å². The van der Waals surface area contributed by atoms with Gasteiger partial charge in [0.1, 0.15) is 5.82 Å². The minimum absolute atomic E-state index is 0.00690. The third kappa shape index (κ3) is 4.18. The molecule has 1 saturated heterocycles. The van der Waals surface area contributed by atoms with Crippen molar-refractivity contribution >= 4 is 17.7 Å². The van der Waals surface area contributed by atoms with Crippen LogP contribution in [0, 0.1) is 17.2 Å². The van der Waals surface area contributed by atoms with Gasteiger partial charge >= 0.3 is 6.09 Å². The maximum Gasteiger partial charge on any atom is 0.407 e. The molecule has 7 heteroatoms. The number of carbonyl (C=O) groups is 1. The van der Waals surface area contributed by atoms with Crippen LogP contribution >= 0.6 is 11.6 Å². The van der Waals surface area contributed by atoms with Crippen molar-refractivity contribution in [3.63, 3.8) is 0 Å². The Morgan fingerprint density at radius 3 is 2.58 bits per heavy atom. The van der Waals surface area contributed by atoms with Crippen molar-refractivity contribution in [3.8, 4) is 0 Å². The minimum atomic E-state index is -1.06. The number of aliphatic hydroxyl groups excluding tert-OH is 1. The summed E-state index contributed by atoms with van der Waals surface area (Å²) in [6.45, 7) is 5.91. The van der Waals surface area contributed by atoms with Crippen molar-refractivity contribution in [1.82, 2.24) is 4.90 Å². The summed E-state index contributed by atoms with van der Waals surface area (Å²) < 4.78 is 20.0. The summed E-state index contributed by atoms with van der Waals surface area (Å²) in [5.41, 5.74) is 0.221. The quantitative estimate of drug-likeness (QED) is 0.847. The highest BCUT2D eigenvalue weighted by Gasteiger charge is 2.39. The van der Waals surface area contributed by atoms with E-state index in [9.17, 15) is 19.4 Å². The van der Waals surface area contributed by atoms with E-state index in [2.05, 4.69) is 0 Å². The van der Waals surface area contributed by atoms with E-state index in [1.54, 1.807) is 6.07 Å². The number of hydrogen-bond donors (Lipinski definition) is 2. The number of hydrogen-bond acceptors (Lipinski definition) is 3. The largest absolute Gasteiger partial charge is 0.465 e. The number of benzene rings is 1. The Labute approximate surface area is 146 Å². The van der Waals surface area contributed by atoms with Gasteiger partial charge in [-0.05, 0) is 23.1 Å². The monoisotopic (exact) mass is 359 g/mol. The zero-order valence-electron chi connectivity index (χ0n) is 14.0. The second kappa shape index (κ2) is 7.25. The first-order valence-electron chi connectivity index (χ1n) is 7.82. The van der Waals surface area contributed by atoms with Gasteiger partial charge in [-0.3, -0.25) is 0 Å². The summed E-state index contributed by atoms with van der Waals surface area (Å²) in [6.07, 6.45) is -2.07. The molecular formula is C17H23ClFNO4. The second-order valence-electron chi connectivity index (χ2n) is 7.22.